The lowest BCUT2D eigenvalue weighted by molar-refractivity contribution is 0.500. The summed E-state index contributed by atoms with van der Waals surface area (Å²) in [5.74, 6) is 0.0203. The lowest BCUT2D eigenvalue weighted by Gasteiger charge is -2.16. The van der Waals surface area contributed by atoms with Crippen LogP contribution in [0.25, 0.3) is 0 Å². The molecule has 5 N–H and O–H groups in total. The minimum atomic E-state index is -0.0762. The Hall–Kier alpha value is -1.78. The molecular weight excluding hydrogens is 202 g/mol. The smallest absolute Gasteiger partial charge is 0.220 e. The molecule has 0 aromatic carbocycles. The van der Waals surface area contributed by atoms with Crippen molar-refractivity contribution in [2.24, 2.45) is 16.5 Å². The van der Waals surface area contributed by atoms with Gasteiger partial charge in [0, 0.05) is 13.6 Å². The Bertz CT molecular complexity index is 361. The summed E-state index contributed by atoms with van der Waals surface area (Å²) in [7, 11) is 1.81. The molecule has 1 aliphatic carbocycles. The topological polar surface area (TPSA) is 91.5 Å². The van der Waals surface area contributed by atoms with E-state index in [9.17, 15) is 0 Å². The van der Waals surface area contributed by atoms with E-state index in [1.54, 1.807) is 11.9 Å². The van der Waals surface area contributed by atoms with Gasteiger partial charge in [0.2, 0.25) is 5.96 Å². The monoisotopic (exact) mass is 221 g/mol. The maximum Gasteiger partial charge on any atom is 0.220 e. The van der Waals surface area contributed by atoms with Crippen molar-refractivity contribution in [2.45, 2.75) is 19.8 Å². The minimum absolute atomic E-state index is 0.0762. The zero-order valence-corrected chi connectivity index (χ0v) is 9.83. The first-order valence-electron chi connectivity index (χ1n) is 5.24. The first-order chi connectivity index (χ1) is 7.49. The van der Waals surface area contributed by atoms with Crippen molar-refractivity contribution < 1.29 is 0 Å². The SMILES string of the molecule is CC1=CC(CCN(C)C(=N)N=C(N)N)=CC1. The van der Waals surface area contributed by atoms with E-state index in [0.29, 0.717) is 0 Å². The average molecular weight is 221 g/mol. The summed E-state index contributed by atoms with van der Waals surface area (Å²) in [6, 6.07) is 0. The maximum absolute atomic E-state index is 7.58. The van der Waals surface area contributed by atoms with Crippen LogP contribution in [0.3, 0.4) is 0 Å². The van der Waals surface area contributed by atoms with Crippen LogP contribution in [-0.4, -0.2) is 30.4 Å². The number of allylic oxidation sites excluding steroid dienone is 3. The van der Waals surface area contributed by atoms with Gasteiger partial charge in [-0.25, -0.2) is 0 Å². The highest BCUT2D eigenvalue weighted by Crippen LogP contribution is 2.19. The molecular formula is C11H19N5. The fraction of sp³-hybridized carbons (Fsp3) is 0.455. The summed E-state index contributed by atoms with van der Waals surface area (Å²) in [6.07, 6.45) is 6.37. The van der Waals surface area contributed by atoms with Crippen molar-refractivity contribution in [3.8, 4) is 0 Å². The van der Waals surface area contributed by atoms with Gasteiger partial charge in [-0.3, -0.25) is 5.41 Å². The molecule has 0 aromatic rings. The van der Waals surface area contributed by atoms with Gasteiger partial charge in [0.15, 0.2) is 5.96 Å². The molecule has 0 fully saturated rings. The largest absolute Gasteiger partial charge is 0.370 e. The summed E-state index contributed by atoms with van der Waals surface area (Å²) in [5.41, 5.74) is 13.1. The van der Waals surface area contributed by atoms with Crippen LogP contribution in [0.15, 0.2) is 28.3 Å². The molecule has 0 spiro atoms. The second-order valence-electron chi connectivity index (χ2n) is 4.01. The molecule has 0 aromatic heterocycles. The number of nitrogens with zero attached hydrogens (tertiary/aromatic N) is 2. The summed E-state index contributed by atoms with van der Waals surface area (Å²) < 4.78 is 0. The second-order valence-corrected chi connectivity index (χ2v) is 4.01. The summed E-state index contributed by atoms with van der Waals surface area (Å²) in [6.45, 7) is 2.86. The van der Waals surface area contributed by atoms with Gasteiger partial charge in [-0.05, 0) is 25.3 Å². The molecule has 0 heterocycles. The van der Waals surface area contributed by atoms with Crippen molar-refractivity contribution in [3.05, 3.63) is 23.3 Å². The fourth-order valence-electron chi connectivity index (χ4n) is 1.51. The average Bonchev–Trinajstić information content (AvgIpc) is 2.59. The number of aliphatic imine (C=N–C) groups is 1. The number of hydrogen-bond donors (Lipinski definition) is 3. The molecule has 0 saturated carbocycles. The first-order valence-corrected chi connectivity index (χ1v) is 5.24. The third-order valence-electron chi connectivity index (χ3n) is 2.45. The van der Waals surface area contributed by atoms with Crippen LogP contribution in [-0.2, 0) is 0 Å². The molecule has 88 valence electrons. The van der Waals surface area contributed by atoms with Crippen LogP contribution in [0, 0.1) is 5.41 Å². The fourth-order valence-corrected chi connectivity index (χ4v) is 1.51. The van der Waals surface area contributed by atoms with Gasteiger partial charge < -0.3 is 16.4 Å². The molecule has 5 nitrogen and oxygen atoms in total. The molecule has 0 saturated heterocycles. The standard InChI is InChI=1S/C11H19N5/c1-8-3-4-9(7-8)5-6-16(2)11(14)15-10(12)13/h4,7H,3,5-6H2,1-2H3,(H5,12,13,14,15). The van der Waals surface area contributed by atoms with Crippen LogP contribution in [0.5, 0.6) is 0 Å². The van der Waals surface area contributed by atoms with Crippen molar-refractivity contribution >= 4 is 11.9 Å². The van der Waals surface area contributed by atoms with Crippen LogP contribution in [0.4, 0.5) is 0 Å². The van der Waals surface area contributed by atoms with Crippen LogP contribution in [0.2, 0.25) is 0 Å². The van der Waals surface area contributed by atoms with Gasteiger partial charge in [0.1, 0.15) is 0 Å². The van der Waals surface area contributed by atoms with Gasteiger partial charge in [-0.1, -0.05) is 17.7 Å². The molecule has 0 amide bonds. The molecule has 1 aliphatic rings. The predicted molar refractivity (Wildman–Crippen MR) is 67.2 cm³/mol. The zero-order valence-electron chi connectivity index (χ0n) is 9.83. The Kier molecular flexibility index (Phi) is 4.10. The van der Waals surface area contributed by atoms with Gasteiger partial charge in [-0.2, -0.15) is 4.99 Å². The molecule has 5 heteroatoms. The second kappa shape index (κ2) is 5.34. The first kappa shape index (κ1) is 12.3. The van der Waals surface area contributed by atoms with E-state index in [0.717, 1.165) is 19.4 Å². The highest BCUT2D eigenvalue weighted by molar-refractivity contribution is 5.91. The lowest BCUT2D eigenvalue weighted by atomic mass is 10.2. The molecule has 0 unspecified atom stereocenters. The molecule has 0 aliphatic heterocycles. The van der Waals surface area contributed by atoms with E-state index in [2.05, 4.69) is 24.1 Å². The van der Waals surface area contributed by atoms with Gasteiger partial charge in [0.25, 0.3) is 0 Å². The van der Waals surface area contributed by atoms with Crippen LogP contribution in [0.1, 0.15) is 19.8 Å². The van der Waals surface area contributed by atoms with E-state index >= 15 is 0 Å². The normalized spacial score (nSPS) is 14.1. The molecule has 16 heavy (non-hydrogen) atoms. The molecule has 1 rings (SSSR count). The van der Waals surface area contributed by atoms with E-state index < -0.39 is 0 Å². The Morgan fingerprint density at radius 3 is 2.75 bits per heavy atom. The van der Waals surface area contributed by atoms with Crippen molar-refractivity contribution in [1.82, 2.24) is 4.90 Å². The maximum atomic E-state index is 7.58. The number of hydrogen-bond acceptors (Lipinski definition) is 1. The van der Waals surface area contributed by atoms with Crippen molar-refractivity contribution in [3.63, 3.8) is 0 Å². The summed E-state index contributed by atoms with van der Waals surface area (Å²) in [4.78, 5) is 5.41. The van der Waals surface area contributed by atoms with Gasteiger partial charge in [0.05, 0.1) is 0 Å². The highest BCUT2D eigenvalue weighted by Gasteiger charge is 2.06. The van der Waals surface area contributed by atoms with Crippen LogP contribution < -0.4 is 11.5 Å². The van der Waals surface area contributed by atoms with Gasteiger partial charge in [-0.15, -0.1) is 0 Å². The number of guanidine groups is 2. The highest BCUT2D eigenvalue weighted by atomic mass is 15.2. The molecule has 0 atom stereocenters. The quantitative estimate of drug-likeness (QED) is 0.486. The Morgan fingerprint density at radius 1 is 1.56 bits per heavy atom. The number of rotatable bonds is 3. The van der Waals surface area contributed by atoms with E-state index in [1.165, 1.54) is 11.1 Å². The van der Waals surface area contributed by atoms with Crippen molar-refractivity contribution in [1.29, 1.82) is 5.41 Å². The third kappa shape index (κ3) is 3.76. The summed E-state index contributed by atoms with van der Waals surface area (Å²) in [5, 5.41) is 7.58. The Labute approximate surface area is 96.0 Å². The van der Waals surface area contributed by atoms with E-state index in [4.69, 9.17) is 16.9 Å². The Morgan fingerprint density at radius 2 is 2.25 bits per heavy atom. The molecule has 0 bridgehead atoms. The predicted octanol–water partition coefficient (Wildman–Crippen LogP) is 0.793. The zero-order chi connectivity index (χ0) is 12.1. The van der Waals surface area contributed by atoms with Gasteiger partial charge >= 0.3 is 0 Å². The van der Waals surface area contributed by atoms with E-state index in [-0.39, 0.29) is 11.9 Å². The Balaban J connectivity index is 2.39. The number of nitrogens with one attached hydrogen (secondary N) is 1. The van der Waals surface area contributed by atoms with Crippen LogP contribution >= 0.6 is 0 Å². The van der Waals surface area contributed by atoms with E-state index in [1.807, 2.05) is 0 Å². The minimum Gasteiger partial charge on any atom is -0.370 e. The third-order valence-corrected chi connectivity index (χ3v) is 2.45. The lowest BCUT2D eigenvalue weighted by Crippen LogP contribution is -2.31. The number of nitrogens with two attached hydrogens (primary N) is 2. The molecule has 0 radical (unpaired) electrons. The summed E-state index contributed by atoms with van der Waals surface area (Å²) >= 11 is 0. The van der Waals surface area contributed by atoms with Crippen molar-refractivity contribution in [2.75, 3.05) is 13.6 Å².